The zero-order valence-corrected chi connectivity index (χ0v) is 33.4. The molecule has 3 rings (SSSR count). The Hall–Kier alpha value is -3.92. The van der Waals surface area contributed by atoms with Gasteiger partial charge in [0.2, 0.25) is 21.8 Å². The molecule has 4 amide bonds. The van der Waals surface area contributed by atoms with E-state index in [1.807, 2.05) is 27.7 Å². The summed E-state index contributed by atoms with van der Waals surface area (Å²) in [4.78, 5) is 66.1. The van der Waals surface area contributed by atoms with Gasteiger partial charge in [0, 0.05) is 38.6 Å². The van der Waals surface area contributed by atoms with Gasteiger partial charge in [-0.1, -0.05) is 25.5 Å². The number of piperidine rings is 2. The van der Waals surface area contributed by atoms with Gasteiger partial charge in [-0.2, -0.15) is 4.72 Å². The smallest absolute Gasteiger partial charge is 0.410 e. The van der Waals surface area contributed by atoms with Crippen LogP contribution in [0, 0.1) is 17.8 Å². The SMILES string of the molecule is CCCc1ccc(S(=O)(=O)N[C@@H](CNC(=O)CNC(=O)C(CCC2CCN(C(=O)O)CC2)CCC2CCN(C(=O)OC(C)(C)C)CC2)C(=O)OCC)cc1. The molecule has 2 saturated heterocycles. The fraction of sp³-hybridized carbons (Fsp3) is 0.711. The van der Waals surface area contributed by atoms with E-state index in [1.165, 1.54) is 17.0 Å². The van der Waals surface area contributed by atoms with E-state index in [9.17, 15) is 37.5 Å². The lowest BCUT2D eigenvalue weighted by atomic mass is 9.84. The van der Waals surface area contributed by atoms with Gasteiger partial charge in [0.15, 0.2) is 0 Å². The molecule has 0 radical (unpaired) electrons. The largest absolute Gasteiger partial charge is 0.465 e. The van der Waals surface area contributed by atoms with E-state index >= 15 is 0 Å². The Balaban J connectivity index is 1.57. The van der Waals surface area contributed by atoms with Crippen LogP contribution in [-0.4, -0.2) is 111 Å². The monoisotopic (exact) mass is 779 g/mol. The second-order valence-electron chi connectivity index (χ2n) is 15.3. The Morgan fingerprint density at radius 3 is 1.93 bits per heavy atom. The number of hydrogen-bond donors (Lipinski definition) is 4. The van der Waals surface area contributed by atoms with Gasteiger partial charge < -0.3 is 35.0 Å². The minimum Gasteiger partial charge on any atom is -0.465 e. The maximum absolute atomic E-state index is 13.5. The van der Waals surface area contributed by atoms with Crippen LogP contribution in [-0.2, 0) is 40.3 Å². The third-order valence-corrected chi connectivity index (χ3v) is 11.4. The molecule has 2 aliphatic heterocycles. The molecule has 0 bridgehead atoms. The standard InChI is InChI=1S/C38H61N5O10S/c1-6-8-27-11-15-31(16-12-27)54(50,51)41-32(35(46)52-7-2)25-39-33(44)26-40-34(45)30(13-9-28-17-21-42(22-18-28)36(47)48)14-10-29-19-23-43(24-20-29)37(49)53-38(3,4)5/h11-12,15-16,28-30,32,41H,6-10,13-14,17-26H2,1-5H3,(H,39,44)(H,40,45)(H,47,48)/t30?,32-/m0/s1. The summed E-state index contributed by atoms with van der Waals surface area (Å²) < 4.78 is 39.1. The molecule has 1 aromatic carbocycles. The molecule has 15 nitrogen and oxygen atoms in total. The van der Waals surface area contributed by atoms with Crippen molar-refractivity contribution in [2.75, 3.05) is 45.9 Å². The zero-order chi connectivity index (χ0) is 39.9. The van der Waals surface area contributed by atoms with Crippen LogP contribution in [0.15, 0.2) is 29.2 Å². The Labute approximate surface area is 320 Å². The van der Waals surface area contributed by atoms with Gasteiger partial charge >= 0.3 is 18.2 Å². The van der Waals surface area contributed by atoms with Crippen molar-refractivity contribution < 1.29 is 47.0 Å². The number of ether oxygens (including phenoxy) is 2. The van der Waals surface area contributed by atoms with Crippen molar-refractivity contribution in [1.29, 1.82) is 0 Å². The van der Waals surface area contributed by atoms with Crippen LogP contribution in [0.25, 0.3) is 0 Å². The van der Waals surface area contributed by atoms with Gasteiger partial charge in [-0.3, -0.25) is 14.4 Å². The van der Waals surface area contributed by atoms with Crippen molar-refractivity contribution in [3.63, 3.8) is 0 Å². The number of likely N-dealkylation sites (tertiary alicyclic amines) is 2. The van der Waals surface area contributed by atoms with E-state index < -0.39 is 39.6 Å². The maximum atomic E-state index is 13.5. The first-order valence-corrected chi connectivity index (χ1v) is 20.8. The van der Waals surface area contributed by atoms with E-state index in [1.54, 1.807) is 24.0 Å². The van der Waals surface area contributed by atoms with Crippen LogP contribution >= 0.6 is 0 Å². The fourth-order valence-electron chi connectivity index (χ4n) is 6.81. The number of aryl methyl sites for hydroxylation is 1. The average molecular weight is 780 g/mol. The molecule has 2 aliphatic rings. The predicted molar refractivity (Wildman–Crippen MR) is 202 cm³/mol. The number of carbonyl (C=O) groups excluding carboxylic acids is 4. The molecule has 0 aliphatic carbocycles. The number of hydrogen-bond acceptors (Lipinski definition) is 9. The van der Waals surface area contributed by atoms with E-state index in [0.717, 1.165) is 56.9 Å². The number of amides is 4. The molecule has 0 spiro atoms. The van der Waals surface area contributed by atoms with Gasteiger partial charge in [-0.05, 0) is 115 Å². The molecule has 1 unspecified atom stereocenters. The lowest BCUT2D eigenvalue weighted by Crippen LogP contribution is -2.50. The highest BCUT2D eigenvalue weighted by molar-refractivity contribution is 7.89. The van der Waals surface area contributed by atoms with Crippen LogP contribution < -0.4 is 15.4 Å². The fourth-order valence-corrected chi connectivity index (χ4v) is 7.99. The molecule has 2 fully saturated rings. The number of benzene rings is 1. The molecule has 304 valence electrons. The normalized spacial score (nSPS) is 17.0. The van der Waals surface area contributed by atoms with Crippen molar-refractivity contribution in [3.05, 3.63) is 29.8 Å². The summed E-state index contributed by atoms with van der Waals surface area (Å²) in [5.74, 6) is -1.52. The number of carbonyl (C=O) groups is 5. The topological polar surface area (TPSA) is 201 Å². The van der Waals surface area contributed by atoms with Gasteiger partial charge in [-0.15, -0.1) is 0 Å². The molecule has 0 aromatic heterocycles. The number of nitrogens with one attached hydrogen (secondary N) is 3. The molecule has 16 heteroatoms. The highest BCUT2D eigenvalue weighted by Crippen LogP contribution is 2.29. The Bertz CT molecular complexity index is 1500. The first kappa shape index (κ1) is 44.5. The maximum Gasteiger partial charge on any atom is 0.410 e. The van der Waals surface area contributed by atoms with Gasteiger partial charge in [0.05, 0.1) is 18.0 Å². The molecule has 0 saturated carbocycles. The summed E-state index contributed by atoms with van der Waals surface area (Å²) in [5, 5.41) is 14.6. The van der Waals surface area contributed by atoms with E-state index in [0.29, 0.717) is 44.9 Å². The van der Waals surface area contributed by atoms with Gasteiger partial charge in [0.1, 0.15) is 11.6 Å². The van der Waals surface area contributed by atoms with Crippen molar-refractivity contribution in [2.24, 2.45) is 17.8 Å². The van der Waals surface area contributed by atoms with Crippen molar-refractivity contribution in [2.45, 2.75) is 115 Å². The third-order valence-electron chi connectivity index (χ3n) is 9.94. The molecule has 54 heavy (non-hydrogen) atoms. The minimum atomic E-state index is -4.12. The van der Waals surface area contributed by atoms with E-state index in [2.05, 4.69) is 15.4 Å². The number of nitrogens with zero attached hydrogens (tertiary/aromatic N) is 2. The lowest BCUT2D eigenvalue weighted by Gasteiger charge is -2.34. The zero-order valence-electron chi connectivity index (χ0n) is 32.6. The number of rotatable bonds is 18. The summed E-state index contributed by atoms with van der Waals surface area (Å²) in [6.07, 6.45) is 6.17. The van der Waals surface area contributed by atoms with E-state index in [4.69, 9.17) is 9.47 Å². The van der Waals surface area contributed by atoms with Crippen LogP contribution in [0.1, 0.15) is 98.0 Å². The van der Waals surface area contributed by atoms with Gasteiger partial charge in [0.25, 0.3) is 0 Å². The van der Waals surface area contributed by atoms with Crippen molar-refractivity contribution in [1.82, 2.24) is 25.2 Å². The summed E-state index contributed by atoms with van der Waals surface area (Å²) >= 11 is 0. The Morgan fingerprint density at radius 1 is 0.870 bits per heavy atom. The Morgan fingerprint density at radius 2 is 1.43 bits per heavy atom. The molecular formula is C38H61N5O10S. The number of sulfonamides is 1. The summed E-state index contributed by atoms with van der Waals surface area (Å²) in [6, 6.07) is 4.96. The average Bonchev–Trinajstić information content (AvgIpc) is 3.12. The lowest BCUT2D eigenvalue weighted by molar-refractivity contribution is -0.145. The highest BCUT2D eigenvalue weighted by Gasteiger charge is 2.31. The minimum absolute atomic E-state index is 0.00962. The summed E-state index contributed by atoms with van der Waals surface area (Å²) in [7, 11) is -4.12. The molecule has 1 aromatic rings. The van der Waals surface area contributed by atoms with Crippen molar-refractivity contribution >= 4 is 40.0 Å². The second kappa shape index (κ2) is 21.2. The van der Waals surface area contributed by atoms with Crippen LogP contribution in [0.5, 0.6) is 0 Å². The third kappa shape index (κ3) is 15.1. The summed E-state index contributed by atoms with van der Waals surface area (Å²) in [6.45, 7) is 10.4. The first-order chi connectivity index (χ1) is 25.5. The Kier molecular flexibility index (Phi) is 17.5. The van der Waals surface area contributed by atoms with Crippen LogP contribution in [0.2, 0.25) is 0 Å². The molecular weight excluding hydrogens is 719 g/mol. The first-order valence-electron chi connectivity index (χ1n) is 19.3. The summed E-state index contributed by atoms with van der Waals surface area (Å²) in [5.41, 5.74) is 0.410. The van der Waals surface area contributed by atoms with Gasteiger partial charge in [-0.25, -0.2) is 18.0 Å². The van der Waals surface area contributed by atoms with Crippen LogP contribution in [0.4, 0.5) is 9.59 Å². The quantitative estimate of drug-likeness (QED) is 0.156. The van der Waals surface area contributed by atoms with Crippen molar-refractivity contribution in [3.8, 4) is 0 Å². The van der Waals surface area contributed by atoms with E-state index in [-0.39, 0.29) is 48.4 Å². The molecule has 4 N–H and O–H groups in total. The molecule has 2 heterocycles. The predicted octanol–water partition coefficient (Wildman–Crippen LogP) is 4.30. The molecule has 2 atom stereocenters. The highest BCUT2D eigenvalue weighted by atomic mass is 32.2. The second-order valence-corrected chi connectivity index (χ2v) is 17.0. The number of esters is 1. The number of carboxylic acid groups (broad SMARTS) is 1. The van der Waals surface area contributed by atoms with Crippen LogP contribution in [0.3, 0.4) is 0 Å².